The van der Waals surface area contributed by atoms with Crippen LogP contribution in [0.1, 0.15) is 51.0 Å². The van der Waals surface area contributed by atoms with Crippen LogP contribution in [0.3, 0.4) is 0 Å². The van der Waals surface area contributed by atoms with Crippen LogP contribution in [0.5, 0.6) is 0 Å². The van der Waals surface area contributed by atoms with Crippen LogP contribution in [0.4, 0.5) is 0 Å². The molecule has 0 atom stereocenters. The van der Waals surface area contributed by atoms with E-state index in [0.717, 1.165) is 4.90 Å². The predicted octanol–water partition coefficient (Wildman–Crippen LogP) is 6.55. The first-order valence-corrected chi connectivity index (χ1v) is 8.62. The van der Waals surface area contributed by atoms with E-state index in [-0.39, 0.29) is 0 Å². The van der Waals surface area contributed by atoms with E-state index in [1.165, 1.54) is 61.6 Å². The maximum atomic E-state index is 4.33. The lowest BCUT2D eigenvalue weighted by Gasteiger charge is -2.05. The van der Waals surface area contributed by atoms with Crippen LogP contribution in [0.2, 0.25) is 0 Å². The Bertz CT molecular complexity index is 511. The smallest absolute Gasteiger partial charge is 0.00404 e. The molecule has 21 heavy (non-hydrogen) atoms. The fraction of sp³-hybridized carbons (Fsp3) is 0.400. The lowest BCUT2D eigenvalue weighted by atomic mass is 10.0. The molecule has 2 rings (SSSR count). The molecule has 0 radical (unpaired) electrons. The molecule has 0 fully saturated rings. The van der Waals surface area contributed by atoms with Crippen LogP contribution >= 0.6 is 12.6 Å². The van der Waals surface area contributed by atoms with Crippen LogP contribution in [-0.2, 0) is 6.42 Å². The van der Waals surface area contributed by atoms with Gasteiger partial charge in [0.05, 0.1) is 0 Å². The number of rotatable bonds is 8. The van der Waals surface area contributed by atoms with E-state index in [1.807, 2.05) is 12.1 Å². The Labute approximate surface area is 135 Å². The summed E-state index contributed by atoms with van der Waals surface area (Å²) in [7, 11) is 0. The third-order valence-corrected chi connectivity index (χ3v) is 4.27. The predicted molar refractivity (Wildman–Crippen MR) is 96.2 cm³/mol. The Balaban J connectivity index is 1.80. The van der Waals surface area contributed by atoms with E-state index in [9.17, 15) is 0 Å². The number of benzene rings is 2. The van der Waals surface area contributed by atoms with Crippen LogP contribution in [0, 0.1) is 0 Å². The van der Waals surface area contributed by atoms with Crippen molar-refractivity contribution in [3.05, 3.63) is 54.1 Å². The SMILES string of the molecule is CCCCCCCCc1ccc(-c2ccc(S)cc2)cc1. The topological polar surface area (TPSA) is 0 Å². The molecule has 1 heteroatoms. The summed E-state index contributed by atoms with van der Waals surface area (Å²) >= 11 is 4.33. The summed E-state index contributed by atoms with van der Waals surface area (Å²) in [4.78, 5) is 1.01. The molecular formula is C20H26S. The molecule has 0 saturated carbocycles. The maximum absolute atomic E-state index is 4.33. The normalized spacial score (nSPS) is 10.8. The molecule has 0 aliphatic carbocycles. The lowest BCUT2D eigenvalue weighted by molar-refractivity contribution is 0.607. The highest BCUT2D eigenvalue weighted by Crippen LogP contribution is 2.22. The van der Waals surface area contributed by atoms with Gasteiger partial charge in [-0.2, -0.15) is 0 Å². The van der Waals surface area contributed by atoms with Crippen molar-refractivity contribution in [3.63, 3.8) is 0 Å². The van der Waals surface area contributed by atoms with Gasteiger partial charge in [-0.15, -0.1) is 12.6 Å². The van der Waals surface area contributed by atoms with Crippen molar-refractivity contribution in [2.24, 2.45) is 0 Å². The quantitative estimate of drug-likeness (QED) is 0.415. The minimum atomic E-state index is 1.01. The minimum absolute atomic E-state index is 1.01. The Hall–Kier alpha value is -1.21. The fourth-order valence-corrected chi connectivity index (χ4v) is 2.78. The molecule has 0 bridgehead atoms. The lowest BCUT2D eigenvalue weighted by Crippen LogP contribution is -1.87. The Kier molecular flexibility index (Phi) is 6.88. The molecule has 0 unspecified atom stereocenters. The van der Waals surface area contributed by atoms with Crippen molar-refractivity contribution < 1.29 is 0 Å². The third kappa shape index (κ3) is 5.59. The Morgan fingerprint density at radius 2 is 1.19 bits per heavy atom. The summed E-state index contributed by atoms with van der Waals surface area (Å²) in [5.74, 6) is 0. The van der Waals surface area contributed by atoms with Crippen molar-refractivity contribution in [1.29, 1.82) is 0 Å². The van der Waals surface area contributed by atoms with Gasteiger partial charge in [0, 0.05) is 4.90 Å². The van der Waals surface area contributed by atoms with Crippen LogP contribution in [0.25, 0.3) is 11.1 Å². The molecule has 0 heterocycles. The van der Waals surface area contributed by atoms with Crippen molar-refractivity contribution in [2.45, 2.75) is 56.8 Å². The summed E-state index contributed by atoms with van der Waals surface area (Å²) in [6.07, 6.45) is 9.40. The van der Waals surface area contributed by atoms with Crippen molar-refractivity contribution >= 4 is 12.6 Å². The maximum Gasteiger partial charge on any atom is 0.00404 e. The van der Waals surface area contributed by atoms with Crippen LogP contribution in [-0.4, -0.2) is 0 Å². The van der Waals surface area contributed by atoms with E-state index in [4.69, 9.17) is 0 Å². The van der Waals surface area contributed by atoms with E-state index in [1.54, 1.807) is 0 Å². The first kappa shape index (κ1) is 16.2. The molecule has 0 N–H and O–H groups in total. The van der Waals surface area contributed by atoms with Gasteiger partial charge < -0.3 is 0 Å². The summed E-state index contributed by atoms with van der Waals surface area (Å²) < 4.78 is 0. The molecule has 0 aliphatic rings. The van der Waals surface area contributed by atoms with Gasteiger partial charge in [-0.3, -0.25) is 0 Å². The zero-order valence-electron chi connectivity index (χ0n) is 13.0. The molecule has 0 aliphatic heterocycles. The average Bonchev–Trinajstić information content (AvgIpc) is 2.52. The second kappa shape index (κ2) is 8.94. The van der Waals surface area contributed by atoms with E-state index in [2.05, 4.69) is 56.0 Å². The van der Waals surface area contributed by atoms with Gasteiger partial charge in [0.2, 0.25) is 0 Å². The standard InChI is InChI=1S/C20H26S/c1-2-3-4-5-6-7-8-17-9-11-18(12-10-17)19-13-15-20(21)16-14-19/h9-16,21H,2-8H2,1H3. The summed E-state index contributed by atoms with van der Waals surface area (Å²) in [5, 5.41) is 0. The van der Waals surface area contributed by atoms with E-state index in [0.29, 0.717) is 0 Å². The van der Waals surface area contributed by atoms with Gasteiger partial charge in [0.1, 0.15) is 0 Å². The number of hydrogen-bond acceptors (Lipinski definition) is 1. The van der Waals surface area contributed by atoms with Crippen molar-refractivity contribution in [3.8, 4) is 11.1 Å². The van der Waals surface area contributed by atoms with Crippen LogP contribution in [0.15, 0.2) is 53.4 Å². The first-order chi connectivity index (χ1) is 10.3. The number of thiol groups is 1. The Morgan fingerprint density at radius 3 is 1.81 bits per heavy atom. The minimum Gasteiger partial charge on any atom is -0.143 e. The highest BCUT2D eigenvalue weighted by atomic mass is 32.1. The van der Waals surface area contributed by atoms with Gasteiger partial charge in [0.15, 0.2) is 0 Å². The number of hydrogen-bond donors (Lipinski definition) is 1. The van der Waals surface area contributed by atoms with Gasteiger partial charge in [-0.1, -0.05) is 75.4 Å². The molecular weight excluding hydrogens is 272 g/mol. The molecule has 0 nitrogen and oxygen atoms in total. The van der Waals surface area contributed by atoms with Gasteiger partial charge >= 0.3 is 0 Å². The zero-order chi connectivity index (χ0) is 14.9. The summed E-state index contributed by atoms with van der Waals surface area (Å²) in [6, 6.07) is 17.4. The number of aryl methyl sites for hydroxylation is 1. The van der Waals surface area contributed by atoms with Gasteiger partial charge in [0.25, 0.3) is 0 Å². The van der Waals surface area contributed by atoms with Gasteiger partial charge in [-0.25, -0.2) is 0 Å². The van der Waals surface area contributed by atoms with Crippen molar-refractivity contribution in [1.82, 2.24) is 0 Å². The van der Waals surface area contributed by atoms with E-state index >= 15 is 0 Å². The van der Waals surface area contributed by atoms with Gasteiger partial charge in [-0.05, 0) is 41.7 Å². The second-order valence-electron chi connectivity index (χ2n) is 5.76. The second-order valence-corrected chi connectivity index (χ2v) is 6.28. The molecule has 2 aromatic rings. The molecule has 2 aromatic carbocycles. The average molecular weight is 298 g/mol. The molecule has 0 aromatic heterocycles. The zero-order valence-corrected chi connectivity index (χ0v) is 13.9. The summed E-state index contributed by atoms with van der Waals surface area (Å²) in [5.41, 5.74) is 4.01. The highest BCUT2D eigenvalue weighted by Gasteiger charge is 1.99. The fourth-order valence-electron chi connectivity index (χ4n) is 2.63. The molecule has 0 saturated heterocycles. The molecule has 0 spiro atoms. The van der Waals surface area contributed by atoms with E-state index < -0.39 is 0 Å². The third-order valence-electron chi connectivity index (χ3n) is 3.97. The molecule has 112 valence electrons. The monoisotopic (exact) mass is 298 g/mol. The largest absolute Gasteiger partial charge is 0.143 e. The summed E-state index contributed by atoms with van der Waals surface area (Å²) in [6.45, 7) is 2.27. The van der Waals surface area contributed by atoms with Crippen molar-refractivity contribution in [2.75, 3.05) is 0 Å². The highest BCUT2D eigenvalue weighted by molar-refractivity contribution is 7.80. The van der Waals surface area contributed by atoms with Crippen LogP contribution < -0.4 is 0 Å². The molecule has 0 amide bonds. The first-order valence-electron chi connectivity index (χ1n) is 8.18. The Morgan fingerprint density at radius 1 is 0.667 bits per heavy atom. The number of unbranched alkanes of at least 4 members (excludes halogenated alkanes) is 5.